The summed E-state index contributed by atoms with van der Waals surface area (Å²) in [4.78, 5) is 11.5. The van der Waals surface area contributed by atoms with Crippen molar-refractivity contribution < 1.29 is 23.6 Å². The molecule has 1 aliphatic carbocycles. The molecule has 0 aromatic rings. The van der Waals surface area contributed by atoms with Crippen molar-refractivity contribution >= 4 is 0 Å². The third kappa shape index (κ3) is 1.55. The third-order valence-electron chi connectivity index (χ3n) is 6.08. The van der Waals surface area contributed by atoms with Crippen LogP contribution in [0.15, 0.2) is 0 Å². The molecule has 0 aromatic heterocycles. The zero-order chi connectivity index (χ0) is 14.1. The zero-order valence-electron chi connectivity index (χ0n) is 12.3. The lowest BCUT2D eigenvalue weighted by Crippen LogP contribution is -2.69. The van der Waals surface area contributed by atoms with E-state index < -0.39 is 24.0 Å². The van der Waals surface area contributed by atoms with Crippen LogP contribution in [0.5, 0.6) is 0 Å². The molecule has 0 unspecified atom stereocenters. The topological polar surface area (TPSA) is 36.9 Å². The van der Waals surface area contributed by atoms with Gasteiger partial charge in [-0.3, -0.25) is 0 Å². The number of halogens is 1. The maximum atomic E-state index is 14.2. The summed E-state index contributed by atoms with van der Waals surface area (Å²) >= 11 is 0. The number of fused-ring (bicyclic) bond motifs is 2. The molecule has 0 amide bonds. The Morgan fingerprint density at radius 3 is 2.65 bits per heavy atom. The highest BCUT2D eigenvalue weighted by Crippen LogP contribution is 2.60. The first-order valence-corrected chi connectivity index (χ1v) is 7.80. The molecule has 8 atom stereocenters. The molecular formula is C15H23FO4. The van der Waals surface area contributed by atoms with Crippen LogP contribution in [0.2, 0.25) is 0 Å². The molecule has 20 heavy (non-hydrogen) atoms. The Kier molecular flexibility index (Phi) is 2.79. The predicted octanol–water partition coefficient (Wildman–Crippen LogP) is 3.16. The van der Waals surface area contributed by atoms with Crippen LogP contribution < -0.4 is 0 Å². The predicted molar refractivity (Wildman–Crippen MR) is 67.9 cm³/mol. The Morgan fingerprint density at radius 1 is 1.05 bits per heavy atom. The van der Waals surface area contributed by atoms with E-state index in [0.717, 1.165) is 25.7 Å². The van der Waals surface area contributed by atoms with E-state index >= 15 is 0 Å². The minimum Gasteiger partial charge on any atom is -0.315 e. The van der Waals surface area contributed by atoms with Gasteiger partial charge in [-0.25, -0.2) is 14.2 Å². The second kappa shape index (κ2) is 4.15. The van der Waals surface area contributed by atoms with Gasteiger partial charge in [-0.1, -0.05) is 13.8 Å². The van der Waals surface area contributed by atoms with Gasteiger partial charge >= 0.3 is 0 Å². The van der Waals surface area contributed by atoms with Gasteiger partial charge in [0.2, 0.25) is 12.1 Å². The van der Waals surface area contributed by atoms with Gasteiger partial charge in [0.1, 0.15) is 0 Å². The van der Waals surface area contributed by atoms with Gasteiger partial charge in [0.15, 0.2) is 11.9 Å². The van der Waals surface area contributed by atoms with Gasteiger partial charge in [-0.2, -0.15) is 0 Å². The van der Waals surface area contributed by atoms with E-state index in [1.807, 2.05) is 13.8 Å². The normalized spacial score (nSPS) is 61.8. The standard InChI is InChI=1S/C15H23FO4/c1-8-4-5-11-9(2)12(16)17-13-15(11)10(8)6-7-14(3,18-13)19-20-15/h8-13H,4-7H2,1-3H3/t8-,9-,10+,11+,12+,13-,14+,15-/m1/s1. The fraction of sp³-hybridized carbons (Fsp3) is 1.00. The summed E-state index contributed by atoms with van der Waals surface area (Å²) in [6.07, 6.45) is 1.88. The van der Waals surface area contributed by atoms with Crippen molar-refractivity contribution in [3.63, 3.8) is 0 Å². The molecule has 114 valence electrons. The number of ether oxygens (including phenoxy) is 2. The van der Waals surface area contributed by atoms with E-state index in [-0.39, 0.29) is 11.8 Å². The Morgan fingerprint density at radius 2 is 1.85 bits per heavy atom. The summed E-state index contributed by atoms with van der Waals surface area (Å²) < 4.78 is 25.8. The van der Waals surface area contributed by atoms with Crippen LogP contribution in [-0.4, -0.2) is 24.0 Å². The molecule has 5 heteroatoms. The molecule has 5 fully saturated rings. The summed E-state index contributed by atoms with van der Waals surface area (Å²) in [6, 6.07) is 0. The van der Waals surface area contributed by atoms with Crippen molar-refractivity contribution in [1.82, 2.24) is 0 Å². The van der Waals surface area contributed by atoms with Gasteiger partial charge in [-0.15, -0.1) is 0 Å². The number of hydrogen-bond acceptors (Lipinski definition) is 4. The monoisotopic (exact) mass is 286 g/mol. The lowest BCUT2D eigenvalue weighted by Gasteiger charge is -2.59. The average Bonchev–Trinajstić information content (AvgIpc) is 2.63. The average molecular weight is 286 g/mol. The third-order valence-corrected chi connectivity index (χ3v) is 6.08. The fourth-order valence-electron chi connectivity index (χ4n) is 4.86. The van der Waals surface area contributed by atoms with Crippen LogP contribution >= 0.6 is 0 Å². The fourth-order valence-corrected chi connectivity index (χ4v) is 4.86. The van der Waals surface area contributed by atoms with Gasteiger partial charge in [0, 0.05) is 18.3 Å². The van der Waals surface area contributed by atoms with Crippen molar-refractivity contribution in [2.45, 2.75) is 70.5 Å². The van der Waals surface area contributed by atoms with E-state index in [2.05, 4.69) is 6.92 Å². The quantitative estimate of drug-likeness (QED) is 0.641. The first-order chi connectivity index (χ1) is 9.46. The van der Waals surface area contributed by atoms with E-state index in [9.17, 15) is 4.39 Å². The van der Waals surface area contributed by atoms with Crippen LogP contribution in [0.4, 0.5) is 4.39 Å². The molecule has 4 aliphatic heterocycles. The van der Waals surface area contributed by atoms with E-state index in [1.165, 1.54) is 0 Å². The van der Waals surface area contributed by atoms with Gasteiger partial charge < -0.3 is 9.47 Å². The first-order valence-electron chi connectivity index (χ1n) is 7.80. The van der Waals surface area contributed by atoms with Crippen molar-refractivity contribution in [2.24, 2.45) is 23.7 Å². The minimum absolute atomic E-state index is 0.0973. The molecule has 4 heterocycles. The summed E-state index contributed by atoms with van der Waals surface area (Å²) in [5.41, 5.74) is -0.629. The zero-order valence-corrected chi connectivity index (χ0v) is 12.3. The van der Waals surface area contributed by atoms with Crippen LogP contribution in [0, 0.1) is 23.7 Å². The number of rotatable bonds is 0. The molecule has 4 nitrogen and oxygen atoms in total. The van der Waals surface area contributed by atoms with E-state index in [4.69, 9.17) is 19.2 Å². The molecule has 1 saturated carbocycles. The minimum atomic E-state index is -1.28. The Hall–Kier alpha value is -0.230. The highest BCUT2D eigenvalue weighted by Gasteiger charge is 2.69. The van der Waals surface area contributed by atoms with E-state index in [1.54, 1.807) is 0 Å². The molecule has 1 spiro atoms. The Labute approximate surface area is 118 Å². The van der Waals surface area contributed by atoms with Crippen LogP contribution in [0.25, 0.3) is 0 Å². The molecule has 2 bridgehead atoms. The van der Waals surface area contributed by atoms with Crippen LogP contribution in [-0.2, 0) is 19.2 Å². The molecular weight excluding hydrogens is 263 g/mol. The lowest BCUT2D eigenvalue weighted by atomic mass is 9.58. The summed E-state index contributed by atoms with van der Waals surface area (Å²) in [5.74, 6) is -0.0624. The van der Waals surface area contributed by atoms with E-state index in [0.29, 0.717) is 11.8 Å². The lowest BCUT2D eigenvalue weighted by molar-refractivity contribution is -0.574. The van der Waals surface area contributed by atoms with Crippen molar-refractivity contribution in [3.05, 3.63) is 0 Å². The SMILES string of the molecule is C[C@H]1[C@@H](F)O[C@@H]2O[C@]3(C)CC[C@H]4[C@H](C)CC[C@@H]1[C@@]24OO3. The summed E-state index contributed by atoms with van der Waals surface area (Å²) in [7, 11) is 0. The van der Waals surface area contributed by atoms with Gasteiger partial charge in [0.25, 0.3) is 0 Å². The molecule has 5 aliphatic rings. The second-order valence-corrected chi connectivity index (χ2v) is 7.26. The molecule has 0 N–H and O–H groups in total. The van der Waals surface area contributed by atoms with Crippen LogP contribution in [0.3, 0.4) is 0 Å². The first kappa shape index (κ1) is 13.4. The highest BCUT2D eigenvalue weighted by molar-refractivity contribution is 5.08. The van der Waals surface area contributed by atoms with Crippen molar-refractivity contribution in [1.29, 1.82) is 0 Å². The van der Waals surface area contributed by atoms with Crippen molar-refractivity contribution in [3.8, 4) is 0 Å². The number of hydrogen-bond donors (Lipinski definition) is 0. The Balaban J connectivity index is 1.82. The summed E-state index contributed by atoms with van der Waals surface area (Å²) in [5, 5.41) is 0. The smallest absolute Gasteiger partial charge is 0.204 e. The Bertz CT molecular complexity index is 415. The highest BCUT2D eigenvalue weighted by atomic mass is 19.1. The number of alkyl halides is 1. The molecule has 0 aromatic carbocycles. The second-order valence-electron chi connectivity index (χ2n) is 7.26. The van der Waals surface area contributed by atoms with Gasteiger partial charge in [-0.05, 0) is 38.0 Å². The van der Waals surface area contributed by atoms with Gasteiger partial charge in [0.05, 0.1) is 0 Å². The van der Waals surface area contributed by atoms with Crippen LogP contribution in [0.1, 0.15) is 46.5 Å². The molecule has 4 saturated heterocycles. The summed E-state index contributed by atoms with van der Waals surface area (Å²) in [6.45, 7) is 6.02. The largest absolute Gasteiger partial charge is 0.315 e. The maximum Gasteiger partial charge on any atom is 0.204 e. The molecule has 0 radical (unpaired) electrons. The maximum absolute atomic E-state index is 14.2. The van der Waals surface area contributed by atoms with Crippen molar-refractivity contribution in [2.75, 3.05) is 0 Å². The molecule has 5 rings (SSSR count).